The van der Waals surface area contributed by atoms with Crippen molar-refractivity contribution in [2.75, 3.05) is 20.8 Å². The maximum absolute atomic E-state index is 12.4. The minimum Gasteiger partial charge on any atom is -0.489 e. The van der Waals surface area contributed by atoms with Gasteiger partial charge in [0, 0.05) is 5.20 Å². The summed E-state index contributed by atoms with van der Waals surface area (Å²) in [6.45, 7) is 7.44. The molecule has 0 saturated heterocycles. The molecule has 0 aliphatic heterocycles. The van der Waals surface area contributed by atoms with Crippen LogP contribution in [0.1, 0.15) is 6.92 Å². The van der Waals surface area contributed by atoms with E-state index in [4.69, 9.17) is 14.2 Å². The standard InChI is InChI=1S/C14H20O6Si/c1-7-20-14(17)13(21(4,5)6)8-9(15)11(18-2)12(19-3)10(8)16/h7H2,1-6H3. The normalized spacial score (nSPS) is 15.4. The molecule has 1 aliphatic rings. The molecule has 0 amide bonds. The molecule has 0 radical (unpaired) electrons. The Morgan fingerprint density at radius 1 is 1.00 bits per heavy atom. The van der Waals surface area contributed by atoms with Gasteiger partial charge in [-0.05, 0) is 6.92 Å². The third-order valence-electron chi connectivity index (χ3n) is 2.96. The van der Waals surface area contributed by atoms with E-state index in [1.807, 2.05) is 19.6 Å². The zero-order chi connectivity index (χ0) is 16.4. The molecule has 0 bridgehead atoms. The van der Waals surface area contributed by atoms with Gasteiger partial charge >= 0.3 is 5.97 Å². The molecule has 0 spiro atoms. The van der Waals surface area contributed by atoms with Crippen molar-refractivity contribution in [2.45, 2.75) is 26.6 Å². The van der Waals surface area contributed by atoms with Gasteiger partial charge in [-0.2, -0.15) is 0 Å². The molecular formula is C14H20O6Si. The number of hydrogen-bond donors (Lipinski definition) is 0. The van der Waals surface area contributed by atoms with Crippen molar-refractivity contribution in [3.05, 3.63) is 22.3 Å². The highest BCUT2D eigenvalue weighted by Crippen LogP contribution is 2.32. The minimum atomic E-state index is -2.29. The topological polar surface area (TPSA) is 78.9 Å². The van der Waals surface area contributed by atoms with Crippen LogP contribution in [0, 0.1) is 0 Å². The lowest BCUT2D eigenvalue weighted by molar-refractivity contribution is -0.138. The monoisotopic (exact) mass is 312 g/mol. The minimum absolute atomic E-state index is 0.168. The molecule has 6 nitrogen and oxygen atoms in total. The van der Waals surface area contributed by atoms with Gasteiger partial charge < -0.3 is 14.2 Å². The Balaban J connectivity index is 3.55. The van der Waals surface area contributed by atoms with Crippen LogP contribution in [0.2, 0.25) is 19.6 Å². The van der Waals surface area contributed by atoms with Crippen molar-refractivity contribution >= 4 is 25.6 Å². The molecule has 1 aliphatic carbocycles. The molecule has 116 valence electrons. The number of esters is 1. The Kier molecular flexibility index (Phi) is 5.11. The van der Waals surface area contributed by atoms with E-state index in [0.29, 0.717) is 0 Å². The zero-order valence-corrected chi connectivity index (χ0v) is 14.2. The average Bonchev–Trinajstić information content (AvgIpc) is 2.61. The highest BCUT2D eigenvalue weighted by Gasteiger charge is 2.45. The lowest BCUT2D eigenvalue weighted by Crippen LogP contribution is -2.34. The fourth-order valence-corrected chi connectivity index (χ4v) is 3.78. The highest BCUT2D eigenvalue weighted by atomic mass is 28.3. The number of carbonyl (C=O) groups excluding carboxylic acids is 3. The van der Waals surface area contributed by atoms with E-state index in [-0.39, 0.29) is 28.9 Å². The van der Waals surface area contributed by atoms with E-state index in [1.165, 1.54) is 14.2 Å². The van der Waals surface area contributed by atoms with E-state index >= 15 is 0 Å². The highest BCUT2D eigenvalue weighted by molar-refractivity contribution is 6.88. The SMILES string of the molecule is CCOC(=O)C(=C1C(=O)C(OC)=C(OC)C1=O)[Si](C)(C)C. The largest absolute Gasteiger partial charge is 0.489 e. The van der Waals surface area contributed by atoms with Crippen molar-refractivity contribution in [3.8, 4) is 0 Å². The van der Waals surface area contributed by atoms with E-state index in [2.05, 4.69) is 0 Å². The molecule has 7 heteroatoms. The molecule has 0 aromatic heterocycles. The van der Waals surface area contributed by atoms with Crippen molar-refractivity contribution in [3.63, 3.8) is 0 Å². The lowest BCUT2D eigenvalue weighted by atomic mass is 10.1. The summed E-state index contributed by atoms with van der Waals surface area (Å²) in [7, 11) is 0.263. The van der Waals surface area contributed by atoms with Gasteiger partial charge in [0.25, 0.3) is 0 Å². The molecule has 0 atom stereocenters. The summed E-state index contributed by atoms with van der Waals surface area (Å²) in [5, 5.41) is 0.168. The summed E-state index contributed by atoms with van der Waals surface area (Å²) < 4.78 is 14.9. The second-order valence-electron chi connectivity index (χ2n) is 5.45. The van der Waals surface area contributed by atoms with E-state index in [0.717, 1.165) is 0 Å². The summed E-state index contributed by atoms with van der Waals surface area (Å²) >= 11 is 0. The van der Waals surface area contributed by atoms with Crippen LogP contribution in [0.4, 0.5) is 0 Å². The fraction of sp³-hybridized carbons (Fsp3) is 0.500. The summed E-state index contributed by atoms with van der Waals surface area (Å²) in [5.41, 5.74) is -0.179. The average molecular weight is 312 g/mol. The third kappa shape index (κ3) is 3.07. The number of Topliss-reactive ketones (excluding diaryl/α,β-unsaturated/α-hetero) is 2. The number of carbonyl (C=O) groups is 3. The number of methoxy groups -OCH3 is 2. The van der Waals surface area contributed by atoms with Crippen molar-refractivity contribution < 1.29 is 28.6 Å². The van der Waals surface area contributed by atoms with Crippen LogP contribution in [0.15, 0.2) is 22.3 Å². The molecule has 0 saturated carbocycles. The third-order valence-corrected chi connectivity index (χ3v) is 4.91. The molecule has 0 aromatic carbocycles. The molecule has 1 rings (SSSR count). The second kappa shape index (κ2) is 6.25. The predicted molar refractivity (Wildman–Crippen MR) is 78.1 cm³/mol. The first-order valence-corrected chi connectivity index (χ1v) is 10.0. The number of ketones is 2. The van der Waals surface area contributed by atoms with Crippen LogP contribution in [-0.2, 0) is 28.6 Å². The maximum atomic E-state index is 12.4. The Morgan fingerprint density at radius 3 is 1.71 bits per heavy atom. The smallest absolute Gasteiger partial charge is 0.330 e. The van der Waals surface area contributed by atoms with Crippen molar-refractivity contribution in [2.24, 2.45) is 0 Å². The van der Waals surface area contributed by atoms with Gasteiger partial charge in [-0.3, -0.25) is 9.59 Å². The van der Waals surface area contributed by atoms with Crippen molar-refractivity contribution in [1.29, 1.82) is 0 Å². The lowest BCUT2D eigenvalue weighted by Gasteiger charge is -2.20. The number of ether oxygens (including phenoxy) is 3. The molecule has 0 fully saturated rings. The Morgan fingerprint density at radius 2 is 1.43 bits per heavy atom. The maximum Gasteiger partial charge on any atom is 0.330 e. The van der Waals surface area contributed by atoms with Gasteiger partial charge in [-0.1, -0.05) is 19.6 Å². The predicted octanol–water partition coefficient (Wildman–Crippen LogP) is 1.38. The van der Waals surface area contributed by atoms with E-state index in [1.54, 1.807) is 6.92 Å². The zero-order valence-electron chi connectivity index (χ0n) is 13.2. The quantitative estimate of drug-likeness (QED) is 0.330. The van der Waals surface area contributed by atoms with Gasteiger partial charge in [-0.15, -0.1) is 0 Å². The van der Waals surface area contributed by atoms with Crippen LogP contribution < -0.4 is 0 Å². The number of rotatable bonds is 5. The Hall–Kier alpha value is -1.89. The molecule has 0 unspecified atom stereocenters. The van der Waals surface area contributed by atoms with Gasteiger partial charge in [-0.25, -0.2) is 4.79 Å². The van der Waals surface area contributed by atoms with Crippen molar-refractivity contribution in [1.82, 2.24) is 0 Å². The van der Waals surface area contributed by atoms with Gasteiger partial charge in [0.15, 0.2) is 0 Å². The van der Waals surface area contributed by atoms with Gasteiger partial charge in [0.1, 0.15) is 0 Å². The van der Waals surface area contributed by atoms with E-state index in [9.17, 15) is 14.4 Å². The first-order valence-electron chi connectivity index (χ1n) is 6.54. The summed E-state index contributed by atoms with van der Waals surface area (Å²) in [6.07, 6.45) is 0. The van der Waals surface area contributed by atoms with Crippen LogP contribution in [-0.4, -0.2) is 46.4 Å². The molecular weight excluding hydrogens is 292 g/mol. The second-order valence-corrected chi connectivity index (χ2v) is 10.4. The van der Waals surface area contributed by atoms with Crippen LogP contribution >= 0.6 is 0 Å². The molecule has 0 aromatic rings. The number of allylic oxidation sites excluding steroid dienone is 2. The first-order chi connectivity index (χ1) is 9.70. The molecule has 0 N–H and O–H groups in total. The van der Waals surface area contributed by atoms with Gasteiger partial charge in [0.05, 0.1) is 34.5 Å². The Labute approximate surface area is 124 Å². The summed E-state index contributed by atoms with van der Waals surface area (Å²) in [4.78, 5) is 37.0. The molecule has 21 heavy (non-hydrogen) atoms. The van der Waals surface area contributed by atoms with E-state index < -0.39 is 25.6 Å². The summed E-state index contributed by atoms with van der Waals surface area (Å²) in [6, 6.07) is 0. The van der Waals surface area contributed by atoms with Gasteiger partial charge in [0.2, 0.25) is 23.1 Å². The first kappa shape index (κ1) is 17.2. The number of hydrogen-bond acceptors (Lipinski definition) is 6. The van der Waals surface area contributed by atoms with Crippen LogP contribution in [0.3, 0.4) is 0 Å². The fourth-order valence-electron chi connectivity index (χ4n) is 2.12. The summed E-state index contributed by atoms with van der Waals surface area (Å²) in [5.74, 6) is -2.20. The van der Waals surface area contributed by atoms with Crippen LogP contribution in [0.5, 0.6) is 0 Å². The van der Waals surface area contributed by atoms with Crippen LogP contribution in [0.25, 0.3) is 0 Å². The molecule has 0 heterocycles. The Bertz CT molecular complexity index is 522.